The number of nitrogens with zero attached hydrogens (tertiary/aromatic N) is 2. The van der Waals surface area contributed by atoms with Crippen molar-refractivity contribution in [2.24, 2.45) is 0 Å². The zero-order valence-corrected chi connectivity index (χ0v) is 13.7. The Hall–Kier alpha value is -1.85. The molecule has 122 valence electrons. The van der Waals surface area contributed by atoms with Crippen LogP contribution in [0.3, 0.4) is 0 Å². The summed E-state index contributed by atoms with van der Waals surface area (Å²) in [6.07, 6.45) is 2.30. The molecule has 1 aliphatic rings. The summed E-state index contributed by atoms with van der Waals surface area (Å²) in [5.74, 6) is -0.237. The lowest BCUT2D eigenvalue weighted by atomic mass is 10.0. The van der Waals surface area contributed by atoms with Gasteiger partial charge in [0.15, 0.2) is 0 Å². The zero-order chi connectivity index (χ0) is 16.2. The Morgan fingerprint density at radius 3 is 2.48 bits per heavy atom. The van der Waals surface area contributed by atoms with Crippen molar-refractivity contribution in [1.82, 2.24) is 20.8 Å². The van der Waals surface area contributed by atoms with Gasteiger partial charge in [-0.3, -0.25) is 0 Å². The molecule has 1 saturated heterocycles. The lowest BCUT2D eigenvalue weighted by molar-refractivity contribution is 0.384. The van der Waals surface area contributed by atoms with Gasteiger partial charge in [-0.05, 0) is 75.2 Å². The van der Waals surface area contributed by atoms with E-state index in [0.717, 1.165) is 60.6 Å². The van der Waals surface area contributed by atoms with Crippen molar-refractivity contribution in [2.75, 3.05) is 13.1 Å². The van der Waals surface area contributed by atoms with Crippen molar-refractivity contribution < 1.29 is 4.39 Å². The van der Waals surface area contributed by atoms with Crippen LogP contribution in [-0.2, 0) is 6.54 Å². The fraction of sp³-hybridized carbons (Fsp3) is 0.444. The number of nitrogens with one attached hydrogen (secondary N) is 2. The first-order chi connectivity index (χ1) is 11.1. The van der Waals surface area contributed by atoms with Gasteiger partial charge in [-0.2, -0.15) is 5.10 Å². The number of rotatable bonds is 4. The molecule has 0 saturated carbocycles. The van der Waals surface area contributed by atoms with Crippen LogP contribution in [0.4, 0.5) is 4.39 Å². The second-order valence-corrected chi connectivity index (χ2v) is 6.16. The molecule has 1 fully saturated rings. The molecule has 0 radical (unpaired) electrons. The van der Waals surface area contributed by atoms with Crippen LogP contribution in [0.5, 0.6) is 0 Å². The van der Waals surface area contributed by atoms with Gasteiger partial charge in [0.2, 0.25) is 0 Å². The molecule has 2 aromatic rings. The van der Waals surface area contributed by atoms with Crippen molar-refractivity contribution in [3.63, 3.8) is 0 Å². The van der Waals surface area contributed by atoms with E-state index in [9.17, 15) is 4.39 Å². The summed E-state index contributed by atoms with van der Waals surface area (Å²) < 4.78 is 13.1. The number of halogens is 1. The quantitative estimate of drug-likeness (QED) is 0.911. The summed E-state index contributed by atoms with van der Waals surface area (Å²) in [5.41, 5.74) is 4.98. The van der Waals surface area contributed by atoms with E-state index in [-0.39, 0.29) is 5.82 Å². The summed E-state index contributed by atoms with van der Waals surface area (Å²) in [6.45, 7) is 7.02. The first-order valence-electron chi connectivity index (χ1n) is 8.18. The van der Waals surface area contributed by atoms with Gasteiger partial charge in [-0.15, -0.1) is 5.10 Å². The molecule has 23 heavy (non-hydrogen) atoms. The van der Waals surface area contributed by atoms with Crippen LogP contribution in [0.1, 0.15) is 29.7 Å². The molecule has 0 unspecified atom stereocenters. The van der Waals surface area contributed by atoms with Crippen LogP contribution in [0, 0.1) is 19.7 Å². The van der Waals surface area contributed by atoms with Crippen molar-refractivity contribution in [2.45, 2.75) is 39.3 Å². The Labute approximate surface area is 136 Å². The SMILES string of the molecule is Cc1c(CNC2CCNCC2)nnc(-c2ccc(F)cc2)c1C. The highest BCUT2D eigenvalue weighted by Gasteiger charge is 2.15. The average Bonchev–Trinajstić information content (AvgIpc) is 2.58. The molecule has 0 aliphatic carbocycles. The standard InChI is InChI=1S/C18H23FN4/c1-12-13(2)18(14-3-5-15(19)6-4-14)23-22-17(12)11-21-16-7-9-20-10-8-16/h3-6,16,20-21H,7-11H2,1-2H3. The smallest absolute Gasteiger partial charge is 0.123 e. The normalized spacial score (nSPS) is 15.8. The molecular formula is C18H23FN4. The van der Waals surface area contributed by atoms with Crippen LogP contribution >= 0.6 is 0 Å². The van der Waals surface area contributed by atoms with E-state index in [2.05, 4.69) is 34.7 Å². The molecular weight excluding hydrogens is 291 g/mol. The monoisotopic (exact) mass is 314 g/mol. The minimum Gasteiger partial charge on any atom is -0.317 e. The lowest BCUT2D eigenvalue weighted by Crippen LogP contribution is -2.39. The third-order valence-electron chi connectivity index (χ3n) is 4.64. The highest BCUT2D eigenvalue weighted by atomic mass is 19.1. The molecule has 0 atom stereocenters. The molecule has 2 heterocycles. The van der Waals surface area contributed by atoms with Gasteiger partial charge in [0, 0.05) is 18.2 Å². The third-order valence-corrected chi connectivity index (χ3v) is 4.64. The van der Waals surface area contributed by atoms with E-state index in [0.29, 0.717) is 6.04 Å². The largest absolute Gasteiger partial charge is 0.317 e. The van der Waals surface area contributed by atoms with Crippen LogP contribution in [0.2, 0.25) is 0 Å². The van der Waals surface area contributed by atoms with Gasteiger partial charge < -0.3 is 10.6 Å². The molecule has 2 N–H and O–H groups in total. The fourth-order valence-corrected chi connectivity index (χ4v) is 2.97. The van der Waals surface area contributed by atoms with Crippen molar-refractivity contribution in [3.8, 4) is 11.3 Å². The predicted octanol–water partition coefficient (Wildman–Crippen LogP) is 2.74. The third kappa shape index (κ3) is 3.74. The van der Waals surface area contributed by atoms with Gasteiger partial charge in [-0.25, -0.2) is 4.39 Å². The second kappa shape index (κ2) is 7.15. The van der Waals surface area contributed by atoms with Crippen molar-refractivity contribution in [1.29, 1.82) is 0 Å². The topological polar surface area (TPSA) is 49.8 Å². The molecule has 5 heteroatoms. The van der Waals surface area contributed by atoms with E-state index in [1.807, 2.05) is 0 Å². The summed E-state index contributed by atoms with van der Waals surface area (Å²) in [6, 6.07) is 6.96. The summed E-state index contributed by atoms with van der Waals surface area (Å²) >= 11 is 0. The number of hydrogen-bond donors (Lipinski definition) is 2. The highest BCUT2D eigenvalue weighted by molar-refractivity contribution is 5.63. The van der Waals surface area contributed by atoms with E-state index < -0.39 is 0 Å². The average molecular weight is 314 g/mol. The van der Waals surface area contributed by atoms with E-state index >= 15 is 0 Å². The van der Waals surface area contributed by atoms with E-state index in [4.69, 9.17) is 0 Å². The predicted molar refractivity (Wildman–Crippen MR) is 89.6 cm³/mol. The molecule has 3 rings (SSSR count). The Morgan fingerprint density at radius 1 is 1.09 bits per heavy atom. The first-order valence-corrected chi connectivity index (χ1v) is 8.18. The summed E-state index contributed by atoms with van der Waals surface area (Å²) in [7, 11) is 0. The molecule has 0 amide bonds. The van der Waals surface area contributed by atoms with Crippen molar-refractivity contribution in [3.05, 3.63) is 46.9 Å². The Bertz CT molecular complexity index is 663. The molecule has 4 nitrogen and oxygen atoms in total. The second-order valence-electron chi connectivity index (χ2n) is 6.16. The van der Waals surface area contributed by atoms with Gasteiger partial charge in [0.25, 0.3) is 0 Å². The van der Waals surface area contributed by atoms with Crippen LogP contribution in [-0.4, -0.2) is 29.3 Å². The number of benzene rings is 1. The van der Waals surface area contributed by atoms with Gasteiger partial charge in [-0.1, -0.05) is 0 Å². The first kappa shape index (κ1) is 16.0. The maximum absolute atomic E-state index is 13.1. The molecule has 0 bridgehead atoms. The zero-order valence-electron chi connectivity index (χ0n) is 13.7. The number of hydrogen-bond acceptors (Lipinski definition) is 4. The van der Waals surface area contributed by atoms with E-state index in [1.54, 1.807) is 12.1 Å². The Morgan fingerprint density at radius 2 is 1.78 bits per heavy atom. The number of piperidine rings is 1. The molecule has 0 spiro atoms. The van der Waals surface area contributed by atoms with Crippen LogP contribution in [0.25, 0.3) is 11.3 Å². The minimum absolute atomic E-state index is 0.237. The fourth-order valence-electron chi connectivity index (χ4n) is 2.97. The van der Waals surface area contributed by atoms with E-state index in [1.165, 1.54) is 12.1 Å². The Balaban J connectivity index is 1.75. The summed E-state index contributed by atoms with van der Waals surface area (Å²) in [5, 5.41) is 15.7. The Kier molecular flexibility index (Phi) is 4.98. The molecule has 1 aromatic heterocycles. The van der Waals surface area contributed by atoms with Crippen LogP contribution in [0.15, 0.2) is 24.3 Å². The highest BCUT2D eigenvalue weighted by Crippen LogP contribution is 2.24. The van der Waals surface area contributed by atoms with Gasteiger partial charge >= 0.3 is 0 Å². The maximum atomic E-state index is 13.1. The van der Waals surface area contributed by atoms with Gasteiger partial charge in [0.1, 0.15) is 5.82 Å². The maximum Gasteiger partial charge on any atom is 0.123 e. The lowest BCUT2D eigenvalue weighted by Gasteiger charge is -2.24. The molecule has 1 aliphatic heterocycles. The molecule has 1 aromatic carbocycles. The summed E-state index contributed by atoms with van der Waals surface area (Å²) in [4.78, 5) is 0. The van der Waals surface area contributed by atoms with Crippen molar-refractivity contribution >= 4 is 0 Å². The minimum atomic E-state index is -0.237. The van der Waals surface area contributed by atoms with Crippen LogP contribution < -0.4 is 10.6 Å². The number of aromatic nitrogens is 2. The van der Waals surface area contributed by atoms with Gasteiger partial charge in [0.05, 0.1) is 11.4 Å².